The van der Waals surface area contributed by atoms with E-state index in [0.717, 1.165) is 26.2 Å². The summed E-state index contributed by atoms with van der Waals surface area (Å²) in [4.78, 5) is 0. The molecular weight excluding hydrogens is 396 g/mol. The first-order valence-corrected chi connectivity index (χ1v) is 4.00. The summed E-state index contributed by atoms with van der Waals surface area (Å²) in [6, 6.07) is 0. The van der Waals surface area contributed by atoms with E-state index in [1.165, 1.54) is 0 Å². The van der Waals surface area contributed by atoms with Crippen molar-refractivity contribution in [2.45, 2.75) is 13.8 Å². The van der Waals surface area contributed by atoms with Crippen molar-refractivity contribution in [1.29, 1.82) is 0 Å². The standard InChI is InChI=1S/C6H14N2.4CO.W/c1-3-7-5-6-8-4-2;4*1-2;/h3-6H2,1-2H3;;;;;/q-2;;;;;. The second kappa shape index (κ2) is 107. The number of hydrogen-bond acceptors (Lipinski definition) is 0. The van der Waals surface area contributed by atoms with Crippen LogP contribution >= 0.6 is 0 Å². The molecule has 0 aromatic rings. The molecule has 96 valence electrons. The van der Waals surface area contributed by atoms with Gasteiger partial charge in [0.1, 0.15) is 0 Å². The van der Waals surface area contributed by atoms with Gasteiger partial charge in [0, 0.05) is 21.1 Å². The zero-order valence-electron chi connectivity index (χ0n) is 9.76. The van der Waals surface area contributed by atoms with Crippen LogP contribution in [0.1, 0.15) is 13.8 Å². The molecule has 0 aromatic carbocycles. The van der Waals surface area contributed by atoms with Crippen molar-refractivity contribution in [3.8, 4) is 0 Å². The molecule has 17 heavy (non-hydrogen) atoms. The molecule has 0 saturated carbocycles. The van der Waals surface area contributed by atoms with E-state index in [0.29, 0.717) is 0 Å². The topological polar surface area (TPSA) is 108 Å². The molecule has 0 aliphatic carbocycles. The Morgan fingerprint density at radius 3 is 0.941 bits per heavy atom. The van der Waals surface area contributed by atoms with Gasteiger partial charge in [0.15, 0.2) is 0 Å². The average molecular weight is 410 g/mol. The molecule has 0 saturated heterocycles. The molecule has 0 aliphatic heterocycles. The van der Waals surface area contributed by atoms with E-state index in [9.17, 15) is 0 Å². The van der Waals surface area contributed by atoms with Crippen LogP contribution in [0, 0.1) is 26.6 Å². The first kappa shape index (κ1) is 36.0. The summed E-state index contributed by atoms with van der Waals surface area (Å²) in [5.74, 6) is 0. The predicted octanol–water partition coefficient (Wildman–Crippen LogP) is 1.62. The van der Waals surface area contributed by atoms with Crippen molar-refractivity contribution < 1.29 is 39.7 Å². The minimum Gasteiger partial charge on any atom is 0 e. The van der Waals surface area contributed by atoms with Crippen LogP contribution in [-0.4, -0.2) is 26.2 Å². The van der Waals surface area contributed by atoms with Gasteiger partial charge in [0.25, 0.3) is 0 Å². The summed E-state index contributed by atoms with van der Waals surface area (Å²) < 4.78 is 30.0. The summed E-state index contributed by atoms with van der Waals surface area (Å²) in [6.45, 7) is 25.8. The van der Waals surface area contributed by atoms with Crippen LogP contribution in [0.4, 0.5) is 0 Å². The van der Waals surface area contributed by atoms with Gasteiger partial charge in [-0.15, -0.1) is 0 Å². The number of likely N-dealkylation sites (N-methyl/N-ethyl adjacent to an activating group) is 2. The smallest absolute Gasteiger partial charge is 0 e. The fourth-order valence-electron chi connectivity index (χ4n) is 0.458. The Labute approximate surface area is 117 Å². The molecule has 0 spiro atoms. The number of nitrogens with zero attached hydrogens (tertiary/aromatic N) is 2. The molecule has 0 N–H and O–H groups in total. The van der Waals surface area contributed by atoms with Gasteiger partial charge in [-0.05, 0) is 0 Å². The van der Waals surface area contributed by atoms with Gasteiger partial charge in [0.05, 0.1) is 0 Å². The SMILES string of the molecule is CC[N-]CC[N-]CC.[C-]#[O+].[C-]#[O+].[C-]#[O+].[C-]#[O+].[W]. The maximum Gasteiger partial charge on any atom is 0 e. The van der Waals surface area contributed by atoms with Crippen molar-refractivity contribution in [2.24, 2.45) is 0 Å². The molecule has 0 heterocycles. The van der Waals surface area contributed by atoms with E-state index in [4.69, 9.17) is 18.6 Å². The summed E-state index contributed by atoms with van der Waals surface area (Å²) in [5.41, 5.74) is 0. The Balaban J connectivity index is -0.0000000287. The third-order valence-electron chi connectivity index (χ3n) is 0.863. The van der Waals surface area contributed by atoms with Crippen molar-refractivity contribution in [3.05, 3.63) is 37.2 Å². The van der Waals surface area contributed by atoms with Gasteiger partial charge >= 0.3 is 45.2 Å². The van der Waals surface area contributed by atoms with E-state index in [1.807, 2.05) is 13.8 Å². The Morgan fingerprint density at radius 2 is 0.824 bits per heavy atom. The van der Waals surface area contributed by atoms with E-state index >= 15 is 0 Å². The molecule has 0 amide bonds. The summed E-state index contributed by atoms with van der Waals surface area (Å²) in [5, 5.41) is 8.23. The molecule has 0 atom stereocenters. The second-order valence-electron chi connectivity index (χ2n) is 1.53. The van der Waals surface area contributed by atoms with Crippen molar-refractivity contribution >= 4 is 0 Å². The zero-order chi connectivity index (χ0) is 14.2. The molecule has 6 nitrogen and oxygen atoms in total. The van der Waals surface area contributed by atoms with Gasteiger partial charge in [-0.25, -0.2) is 0 Å². The molecule has 0 fully saturated rings. The van der Waals surface area contributed by atoms with Crippen LogP contribution in [0.3, 0.4) is 0 Å². The van der Waals surface area contributed by atoms with Crippen molar-refractivity contribution in [2.75, 3.05) is 26.2 Å². The third-order valence-corrected chi connectivity index (χ3v) is 0.863. The maximum absolute atomic E-state index is 7.50. The molecule has 0 aromatic heterocycles. The molecule has 0 rings (SSSR count). The largest absolute Gasteiger partial charge is 0 e. The van der Waals surface area contributed by atoms with Crippen LogP contribution in [0.2, 0.25) is 0 Å². The Morgan fingerprint density at radius 1 is 0.647 bits per heavy atom. The molecular formula is C10H14N2O4W-2. The van der Waals surface area contributed by atoms with Crippen LogP contribution < -0.4 is 0 Å². The average Bonchev–Trinajstić information content (AvgIpc) is 2.44. The minimum atomic E-state index is 0. The maximum atomic E-state index is 7.50. The second-order valence-corrected chi connectivity index (χ2v) is 1.53. The zero-order valence-corrected chi connectivity index (χ0v) is 12.7. The van der Waals surface area contributed by atoms with Crippen molar-refractivity contribution in [3.63, 3.8) is 0 Å². The van der Waals surface area contributed by atoms with Gasteiger partial charge in [-0.2, -0.15) is 26.2 Å². The van der Waals surface area contributed by atoms with E-state index < -0.39 is 0 Å². The van der Waals surface area contributed by atoms with Gasteiger partial charge in [0.2, 0.25) is 0 Å². The van der Waals surface area contributed by atoms with Gasteiger partial charge in [-0.3, -0.25) is 0 Å². The monoisotopic (exact) mass is 410 g/mol. The molecule has 0 unspecified atom stereocenters. The van der Waals surface area contributed by atoms with Crippen LogP contribution in [-0.2, 0) is 39.7 Å². The minimum absolute atomic E-state index is 0. The molecule has 0 aliphatic rings. The first-order chi connectivity index (χ1) is 7.91. The normalized spacial score (nSPS) is 5.06. The van der Waals surface area contributed by atoms with Gasteiger partial charge < -0.3 is 10.6 Å². The van der Waals surface area contributed by atoms with Crippen LogP contribution in [0.5, 0.6) is 0 Å². The first-order valence-electron chi connectivity index (χ1n) is 4.00. The summed E-state index contributed by atoms with van der Waals surface area (Å²) in [7, 11) is 0. The quantitative estimate of drug-likeness (QED) is 0.373. The molecule has 0 bridgehead atoms. The summed E-state index contributed by atoms with van der Waals surface area (Å²) >= 11 is 0. The van der Waals surface area contributed by atoms with E-state index in [-0.39, 0.29) is 21.1 Å². The Kier molecular flexibility index (Phi) is 225. The number of hydrogen-bond donors (Lipinski definition) is 0. The third kappa shape index (κ3) is 137. The Bertz CT molecular complexity index is 127. The fraction of sp³-hybridized carbons (Fsp3) is 0.600. The predicted molar refractivity (Wildman–Crippen MR) is 53.3 cm³/mol. The molecule has 0 radical (unpaired) electrons. The van der Waals surface area contributed by atoms with E-state index in [2.05, 4.69) is 37.2 Å². The number of rotatable bonds is 5. The van der Waals surface area contributed by atoms with Crippen LogP contribution in [0.15, 0.2) is 0 Å². The fourth-order valence-corrected chi connectivity index (χ4v) is 0.458. The van der Waals surface area contributed by atoms with Crippen molar-refractivity contribution in [1.82, 2.24) is 0 Å². The van der Waals surface area contributed by atoms with E-state index in [1.54, 1.807) is 0 Å². The van der Waals surface area contributed by atoms with Crippen LogP contribution in [0.25, 0.3) is 10.6 Å². The summed E-state index contributed by atoms with van der Waals surface area (Å²) in [6.07, 6.45) is 0. The Hall–Kier alpha value is -0.432. The van der Waals surface area contributed by atoms with Gasteiger partial charge in [-0.1, -0.05) is 13.8 Å². The molecule has 7 heteroatoms.